The summed E-state index contributed by atoms with van der Waals surface area (Å²) < 4.78 is 11.8. The van der Waals surface area contributed by atoms with Gasteiger partial charge < -0.3 is 0 Å². The minimum Gasteiger partial charge on any atom is -0.259 e. The molecule has 0 aliphatic rings. The molecule has 1 heterocycles. The molecule has 0 amide bonds. The molecule has 0 radical (unpaired) electrons. The molecule has 0 aliphatic heterocycles. The van der Waals surface area contributed by atoms with Crippen molar-refractivity contribution in [3.63, 3.8) is 0 Å². The van der Waals surface area contributed by atoms with Crippen LogP contribution in [0.5, 0.6) is 0 Å². The maximum atomic E-state index is 11.8. The van der Waals surface area contributed by atoms with E-state index in [1.54, 1.807) is 12.3 Å². The van der Waals surface area contributed by atoms with E-state index in [0.29, 0.717) is 23.1 Å². The summed E-state index contributed by atoms with van der Waals surface area (Å²) in [7, 11) is -0.904. The molecule has 4 heteroatoms. The second kappa shape index (κ2) is 6.39. The molecule has 0 aliphatic carbocycles. The maximum Gasteiger partial charge on any atom is 0.144 e. The van der Waals surface area contributed by atoms with Crippen LogP contribution in [0, 0.1) is 17.2 Å². The van der Waals surface area contributed by atoms with Gasteiger partial charge in [0, 0.05) is 28.3 Å². The van der Waals surface area contributed by atoms with Crippen LogP contribution in [0.3, 0.4) is 0 Å². The van der Waals surface area contributed by atoms with Crippen LogP contribution in [0.4, 0.5) is 0 Å². The molecule has 0 N–H and O–H groups in total. The lowest BCUT2D eigenvalue weighted by molar-refractivity contribution is 0.615. The number of pyridine rings is 1. The molecule has 0 aromatic carbocycles. The van der Waals surface area contributed by atoms with Gasteiger partial charge in [0.15, 0.2) is 0 Å². The van der Waals surface area contributed by atoms with E-state index in [0.717, 1.165) is 12.0 Å². The van der Waals surface area contributed by atoms with Gasteiger partial charge in [-0.25, -0.2) is 4.98 Å². The molecule has 1 aromatic rings. The van der Waals surface area contributed by atoms with Crippen LogP contribution in [0.1, 0.15) is 31.5 Å². The smallest absolute Gasteiger partial charge is 0.144 e. The van der Waals surface area contributed by atoms with Crippen LogP contribution in [0.15, 0.2) is 18.3 Å². The van der Waals surface area contributed by atoms with Crippen LogP contribution in [0.25, 0.3) is 0 Å². The van der Waals surface area contributed by atoms with Gasteiger partial charge in [-0.15, -0.1) is 0 Å². The van der Waals surface area contributed by atoms with E-state index in [9.17, 15) is 4.21 Å². The Morgan fingerprint density at radius 1 is 1.62 bits per heavy atom. The Morgan fingerprint density at radius 2 is 2.38 bits per heavy atom. The van der Waals surface area contributed by atoms with Crippen LogP contribution >= 0.6 is 0 Å². The van der Waals surface area contributed by atoms with E-state index in [-0.39, 0.29) is 0 Å². The largest absolute Gasteiger partial charge is 0.259 e. The Morgan fingerprint density at radius 3 is 3.00 bits per heavy atom. The number of rotatable bonds is 5. The molecule has 2 atom stereocenters. The van der Waals surface area contributed by atoms with E-state index in [2.05, 4.69) is 18.8 Å². The third kappa shape index (κ3) is 3.74. The Bertz CT molecular complexity index is 412. The number of aromatic nitrogens is 1. The molecule has 3 nitrogen and oxygen atoms in total. The zero-order chi connectivity index (χ0) is 12.0. The van der Waals surface area contributed by atoms with Gasteiger partial charge in [-0.3, -0.25) is 4.21 Å². The molecule has 2 unspecified atom stereocenters. The predicted molar refractivity (Wildman–Crippen MR) is 65.1 cm³/mol. The van der Waals surface area contributed by atoms with Gasteiger partial charge in [-0.05, 0) is 12.0 Å². The number of hydrogen-bond acceptors (Lipinski definition) is 3. The van der Waals surface area contributed by atoms with E-state index < -0.39 is 10.8 Å². The van der Waals surface area contributed by atoms with Crippen molar-refractivity contribution in [2.45, 2.75) is 26.0 Å². The van der Waals surface area contributed by atoms with Gasteiger partial charge in [0.1, 0.15) is 11.8 Å². The first-order valence-electron chi connectivity index (χ1n) is 5.36. The number of nitrogens with zero attached hydrogens (tertiary/aromatic N) is 2. The van der Waals surface area contributed by atoms with Crippen LogP contribution < -0.4 is 0 Å². The fraction of sp³-hybridized carbons (Fsp3) is 0.500. The standard InChI is InChI=1S/C12H16N2OS/c1-3-10(2)8-16(15)9-11-5-4-6-14-12(11)7-13/h4-6,10H,3,8-9H2,1-2H3. The summed E-state index contributed by atoms with van der Waals surface area (Å²) in [5, 5.41) is 8.85. The van der Waals surface area contributed by atoms with Crippen LogP contribution in [-0.2, 0) is 16.6 Å². The summed E-state index contributed by atoms with van der Waals surface area (Å²) in [6.45, 7) is 4.18. The topological polar surface area (TPSA) is 53.8 Å². The monoisotopic (exact) mass is 236 g/mol. The van der Waals surface area contributed by atoms with E-state index in [4.69, 9.17) is 5.26 Å². The minimum atomic E-state index is -0.904. The van der Waals surface area contributed by atoms with Crippen molar-refractivity contribution in [2.75, 3.05) is 5.75 Å². The Kier molecular flexibility index (Phi) is 5.13. The third-order valence-electron chi connectivity index (χ3n) is 2.48. The summed E-state index contributed by atoms with van der Waals surface area (Å²) >= 11 is 0. The average Bonchev–Trinajstić information content (AvgIpc) is 2.29. The second-order valence-corrected chi connectivity index (χ2v) is 5.39. The number of hydrogen-bond donors (Lipinski definition) is 0. The van der Waals surface area contributed by atoms with Gasteiger partial charge >= 0.3 is 0 Å². The van der Waals surface area contributed by atoms with Crippen molar-refractivity contribution in [3.05, 3.63) is 29.6 Å². The van der Waals surface area contributed by atoms with E-state index in [1.165, 1.54) is 0 Å². The zero-order valence-corrected chi connectivity index (χ0v) is 10.5. The van der Waals surface area contributed by atoms with Gasteiger partial charge in [-0.1, -0.05) is 26.3 Å². The summed E-state index contributed by atoms with van der Waals surface area (Å²) in [5.74, 6) is 1.58. The van der Waals surface area contributed by atoms with Crippen molar-refractivity contribution in [2.24, 2.45) is 5.92 Å². The molecular formula is C12H16N2OS. The molecule has 0 saturated heterocycles. The highest BCUT2D eigenvalue weighted by atomic mass is 32.2. The van der Waals surface area contributed by atoms with Crippen LogP contribution in [-0.4, -0.2) is 14.9 Å². The first-order valence-corrected chi connectivity index (χ1v) is 6.85. The van der Waals surface area contributed by atoms with Gasteiger partial charge in [0.05, 0.1) is 5.75 Å². The van der Waals surface area contributed by atoms with Gasteiger partial charge in [0.25, 0.3) is 0 Å². The molecule has 0 fully saturated rings. The van der Waals surface area contributed by atoms with E-state index in [1.807, 2.05) is 12.1 Å². The Hall–Kier alpha value is -1.21. The lowest BCUT2D eigenvalue weighted by atomic mass is 10.2. The van der Waals surface area contributed by atoms with Crippen molar-refractivity contribution in [1.82, 2.24) is 4.98 Å². The first kappa shape index (κ1) is 12.9. The molecule has 0 bridgehead atoms. The quantitative estimate of drug-likeness (QED) is 0.788. The zero-order valence-electron chi connectivity index (χ0n) is 9.64. The molecular weight excluding hydrogens is 220 g/mol. The summed E-state index contributed by atoms with van der Waals surface area (Å²) in [6, 6.07) is 5.62. The fourth-order valence-corrected chi connectivity index (χ4v) is 2.89. The molecule has 1 aromatic heterocycles. The maximum absolute atomic E-state index is 11.8. The van der Waals surface area contributed by atoms with E-state index >= 15 is 0 Å². The van der Waals surface area contributed by atoms with Gasteiger partial charge in [0.2, 0.25) is 0 Å². The van der Waals surface area contributed by atoms with Gasteiger partial charge in [-0.2, -0.15) is 5.26 Å². The summed E-state index contributed by atoms with van der Waals surface area (Å²) in [6.07, 6.45) is 2.61. The minimum absolute atomic E-state index is 0.389. The first-order chi connectivity index (χ1) is 7.67. The number of nitriles is 1. The highest BCUT2D eigenvalue weighted by Crippen LogP contribution is 2.10. The molecule has 86 valence electrons. The molecule has 0 spiro atoms. The van der Waals surface area contributed by atoms with Crippen molar-refractivity contribution < 1.29 is 4.21 Å². The molecule has 1 rings (SSSR count). The Balaban J connectivity index is 2.67. The SMILES string of the molecule is CCC(C)CS(=O)Cc1cccnc1C#N. The third-order valence-corrected chi connectivity index (χ3v) is 4.05. The fourth-order valence-electron chi connectivity index (χ4n) is 1.32. The highest BCUT2D eigenvalue weighted by molar-refractivity contribution is 7.84. The van der Waals surface area contributed by atoms with Crippen molar-refractivity contribution in [3.8, 4) is 6.07 Å². The van der Waals surface area contributed by atoms with Crippen molar-refractivity contribution in [1.29, 1.82) is 5.26 Å². The summed E-state index contributed by atoms with van der Waals surface area (Å²) in [4.78, 5) is 3.95. The predicted octanol–water partition coefficient (Wildman–Crippen LogP) is 2.25. The summed E-state index contributed by atoms with van der Waals surface area (Å²) in [5.41, 5.74) is 1.17. The highest BCUT2D eigenvalue weighted by Gasteiger charge is 2.09. The lowest BCUT2D eigenvalue weighted by Crippen LogP contribution is -2.09. The molecule has 16 heavy (non-hydrogen) atoms. The van der Waals surface area contributed by atoms with Crippen molar-refractivity contribution >= 4 is 10.8 Å². The van der Waals surface area contributed by atoms with Crippen LogP contribution in [0.2, 0.25) is 0 Å². The normalized spacial score (nSPS) is 14.1. The molecule has 0 saturated carbocycles. The lowest BCUT2D eigenvalue weighted by Gasteiger charge is -2.08. The Labute approximate surface area is 99.0 Å². The average molecular weight is 236 g/mol. The second-order valence-electron chi connectivity index (χ2n) is 3.89.